The summed E-state index contributed by atoms with van der Waals surface area (Å²) in [6.07, 6.45) is 0.152. The number of aliphatic hydroxyl groups is 2. The van der Waals surface area contributed by atoms with E-state index in [9.17, 15) is 24.2 Å². The summed E-state index contributed by atoms with van der Waals surface area (Å²) < 4.78 is 15.7. The molecule has 0 fully saturated rings. The van der Waals surface area contributed by atoms with Crippen LogP contribution in [0, 0.1) is 5.82 Å². The number of aliphatic carboxylic acids is 1. The van der Waals surface area contributed by atoms with Gasteiger partial charge in [0.15, 0.2) is 0 Å². The smallest absolute Gasteiger partial charge is 1.00 e. The van der Waals surface area contributed by atoms with Gasteiger partial charge in [0.2, 0.25) is 0 Å². The number of aromatic nitrogens is 1. The average molecular weight is 519 g/mol. The summed E-state index contributed by atoms with van der Waals surface area (Å²) in [5.74, 6) is -1.86. The fourth-order valence-corrected chi connectivity index (χ4v) is 4.29. The fraction of sp³-hybridized carbons (Fsp3) is 0.286. The molecule has 1 heterocycles. The number of hydrogen-bond donors (Lipinski definition) is 4. The number of nitrogens with zero attached hydrogens (tertiary/aromatic N) is 1. The molecule has 4 N–H and O–H groups in total. The summed E-state index contributed by atoms with van der Waals surface area (Å²) in [5, 5.41) is 32.0. The number of benzene rings is 2. The maximum atomic E-state index is 13.8. The second-order valence-corrected chi connectivity index (χ2v) is 8.81. The van der Waals surface area contributed by atoms with E-state index >= 15 is 0 Å². The molecule has 3 aromatic rings. The first kappa shape index (κ1) is 30.5. The number of aliphatic hydroxyl groups excluding tert-OH is 2. The molecule has 0 aliphatic carbocycles. The predicted octanol–water partition coefficient (Wildman–Crippen LogP) is 1.62. The van der Waals surface area contributed by atoms with E-state index in [2.05, 4.69) is 5.32 Å². The number of carbonyl (C=O) groups excluding carboxylic acids is 1. The molecule has 0 saturated carbocycles. The van der Waals surface area contributed by atoms with Crippen molar-refractivity contribution in [3.05, 3.63) is 77.9 Å². The van der Waals surface area contributed by atoms with Gasteiger partial charge < -0.3 is 26.6 Å². The third kappa shape index (κ3) is 7.40. The zero-order valence-electron chi connectivity index (χ0n) is 22.5. The molecule has 0 radical (unpaired) electrons. The van der Waals surface area contributed by atoms with Crippen molar-refractivity contribution in [3.63, 3.8) is 0 Å². The minimum atomic E-state index is -1.21. The summed E-state index contributed by atoms with van der Waals surface area (Å²) in [6.45, 7) is 3.86. The Kier molecular flexibility index (Phi) is 11.3. The summed E-state index contributed by atoms with van der Waals surface area (Å²) in [5.41, 5.74) is 3.85. The molecule has 1 amide bonds. The fourth-order valence-electron chi connectivity index (χ4n) is 4.29. The number of carbonyl (C=O) groups is 2. The maximum absolute atomic E-state index is 13.8. The molecule has 0 spiro atoms. The standard InChI is InChI=1S/C28H31FN2O5.Na.H/c1-17(2)31-23(14-13-21(32)15-22(33)16-24(34)35)25(19-9-11-20(29)12-10-19)26(27(31)28(36)30-3)18-7-5-4-6-8-18;;/h4-14,17,21-22,32-33H,15-16H2,1-3H3,(H,30,36)(H,34,35);;/q;+1;-1/t21-,22-;;/m1../s1. The van der Waals surface area contributed by atoms with Gasteiger partial charge in [-0.15, -0.1) is 0 Å². The predicted molar refractivity (Wildman–Crippen MR) is 138 cm³/mol. The van der Waals surface area contributed by atoms with Gasteiger partial charge in [-0.25, -0.2) is 4.39 Å². The topological polar surface area (TPSA) is 112 Å². The van der Waals surface area contributed by atoms with E-state index in [1.165, 1.54) is 18.2 Å². The van der Waals surface area contributed by atoms with E-state index in [0.29, 0.717) is 28.1 Å². The van der Waals surface area contributed by atoms with Crippen LogP contribution >= 0.6 is 0 Å². The van der Waals surface area contributed by atoms with Crippen LogP contribution in [0.4, 0.5) is 4.39 Å². The molecule has 1 aromatic heterocycles. The van der Waals surface area contributed by atoms with E-state index in [-0.39, 0.29) is 49.4 Å². The summed E-state index contributed by atoms with van der Waals surface area (Å²) in [7, 11) is 1.55. The maximum Gasteiger partial charge on any atom is 1.00 e. The molecule has 3 rings (SSSR count). The van der Waals surface area contributed by atoms with E-state index < -0.39 is 30.4 Å². The molecule has 37 heavy (non-hydrogen) atoms. The molecule has 7 nitrogen and oxygen atoms in total. The Morgan fingerprint density at radius 2 is 1.62 bits per heavy atom. The van der Waals surface area contributed by atoms with Crippen LogP contribution in [0.15, 0.2) is 60.7 Å². The van der Waals surface area contributed by atoms with Gasteiger partial charge in [0.25, 0.3) is 5.91 Å². The van der Waals surface area contributed by atoms with E-state index in [1.807, 2.05) is 48.7 Å². The molecule has 192 valence electrons. The van der Waals surface area contributed by atoms with Crippen LogP contribution in [0.3, 0.4) is 0 Å². The molecule has 0 aliphatic heterocycles. The van der Waals surface area contributed by atoms with Gasteiger partial charge in [-0.2, -0.15) is 0 Å². The van der Waals surface area contributed by atoms with Crippen molar-refractivity contribution >= 4 is 18.0 Å². The largest absolute Gasteiger partial charge is 1.00 e. The summed E-state index contributed by atoms with van der Waals surface area (Å²) in [4.78, 5) is 24.1. The van der Waals surface area contributed by atoms with Crippen LogP contribution in [0.5, 0.6) is 0 Å². The summed E-state index contributed by atoms with van der Waals surface area (Å²) >= 11 is 0. The van der Waals surface area contributed by atoms with Crippen molar-refractivity contribution in [1.29, 1.82) is 0 Å². The molecule has 0 saturated heterocycles. The number of halogens is 1. The van der Waals surface area contributed by atoms with Gasteiger partial charge in [-0.1, -0.05) is 48.5 Å². The second-order valence-electron chi connectivity index (χ2n) is 8.81. The van der Waals surface area contributed by atoms with Crippen molar-refractivity contribution in [1.82, 2.24) is 9.88 Å². The SMILES string of the molecule is CNC(=O)c1c(-c2ccccc2)c(-c2ccc(F)cc2)c(C=C[C@@H](O)C[C@@H](O)CC(=O)O)n1C(C)C.[H-].[Na+]. The van der Waals surface area contributed by atoms with Crippen LogP contribution in [0.25, 0.3) is 28.3 Å². The van der Waals surface area contributed by atoms with Crippen LogP contribution < -0.4 is 34.9 Å². The average Bonchev–Trinajstić information content (AvgIpc) is 3.18. The number of rotatable bonds is 10. The number of nitrogens with one attached hydrogen (secondary N) is 1. The third-order valence-electron chi connectivity index (χ3n) is 5.80. The minimum absolute atomic E-state index is 0. The first-order valence-corrected chi connectivity index (χ1v) is 11.7. The Hall–Kier alpha value is -2.75. The van der Waals surface area contributed by atoms with E-state index in [0.717, 1.165) is 5.56 Å². The molecule has 9 heteroatoms. The van der Waals surface area contributed by atoms with Crippen molar-refractivity contribution in [2.24, 2.45) is 0 Å². The molecule has 0 unspecified atom stereocenters. The summed E-state index contributed by atoms with van der Waals surface area (Å²) in [6, 6.07) is 15.2. The van der Waals surface area contributed by atoms with Crippen LogP contribution in [-0.2, 0) is 4.79 Å². The molecular weight excluding hydrogens is 486 g/mol. The minimum Gasteiger partial charge on any atom is -1.00 e. The van der Waals surface area contributed by atoms with E-state index in [1.54, 1.807) is 25.3 Å². The first-order valence-electron chi connectivity index (χ1n) is 11.7. The van der Waals surface area contributed by atoms with Gasteiger partial charge in [-0.3, -0.25) is 9.59 Å². The Labute approximate surface area is 239 Å². The Morgan fingerprint density at radius 1 is 1.03 bits per heavy atom. The monoisotopic (exact) mass is 518 g/mol. The molecule has 0 aliphatic rings. The van der Waals surface area contributed by atoms with Gasteiger partial charge in [0.05, 0.1) is 18.6 Å². The molecule has 2 aromatic carbocycles. The van der Waals surface area contributed by atoms with Crippen molar-refractivity contribution < 1.29 is 60.3 Å². The third-order valence-corrected chi connectivity index (χ3v) is 5.80. The van der Waals surface area contributed by atoms with Gasteiger partial charge >= 0.3 is 35.5 Å². The van der Waals surface area contributed by atoms with Gasteiger partial charge in [0.1, 0.15) is 11.5 Å². The Bertz CT molecular complexity index is 1250. The van der Waals surface area contributed by atoms with Crippen LogP contribution in [0.2, 0.25) is 0 Å². The van der Waals surface area contributed by atoms with Gasteiger partial charge in [-0.05, 0) is 43.2 Å². The van der Waals surface area contributed by atoms with Crippen LogP contribution in [0.1, 0.15) is 50.3 Å². The Balaban J connectivity index is 0.00000361. The number of hydrogen-bond acceptors (Lipinski definition) is 4. The first-order chi connectivity index (χ1) is 17.1. The zero-order valence-corrected chi connectivity index (χ0v) is 23.5. The number of carboxylic acids is 1. The number of carboxylic acid groups (broad SMARTS) is 1. The quantitative estimate of drug-likeness (QED) is 0.305. The van der Waals surface area contributed by atoms with Crippen molar-refractivity contribution in [2.75, 3.05) is 7.05 Å². The Morgan fingerprint density at radius 3 is 2.16 bits per heavy atom. The number of amides is 1. The normalized spacial score (nSPS) is 12.8. The van der Waals surface area contributed by atoms with Crippen molar-refractivity contribution in [2.45, 2.75) is 44.9 Å². The molecule has 0 bridgehead atoms. The zero-order chi connectivity index (χ0) is 26.4. The molecular formula is C28H32FN2NaO5. The second kappa shape index (κ2) is 13.7. The molecule has 2 atom stereocenters. The van der Waals surface area contributed by atoms with E-state index in [4.69, 9.17) is 5.11 Å². The van der Waals surface area contributed by atoms with Gasteiger partial charge in [0, 0.05) is 36.3 Å². The van der Waals surface area contributed by atoms with Crippen LogP contribution in [-0.4, -0.2) is 51.0 Å². The van der Waals surface area contributed by atoms with Crippen molar-refractivity contribution in [3.8, 4) is 22.3 Å².